The highest BCUT2D eigenvalue weighted by atomic mass is 16.6. The van der Waals surface area contributed by atoms with Crippen LogP contribution < -0.4 is 4.74 Å². The van der Waals surface area contributed by atoms with Gasteiger partial charge in [-0.05, 0) is 54.7 Å². The van der Waals surface area contributed by atoms with Crippen LogP contribution in [0.5, 0.6) is 5.75 Å². The van der Waals surface area contributed by atoms with Crippen molar-refractivity contribution in [1.29, 1.82) is 0 Å². The van der Waals surface area contributed by atoms with Gasteiger partial charge in [0.2, 0.25) is 0 Å². The average molecular weight is 443 g/mol. The maximum absolute atomic E-state index is 10.9. The molecule has 1 N–H and O–H groups in total. The fourth-order valence-electron chi connectivity index (χ4n) is 4.06. The van der Waals surface area contributed by atoms with E-state index in [1.54, 1.807) is 12.4 Å². The van der Waals surface area contributed by atoms with Crippen LogP contribution in [0.1, 0.15) is 41.0 Å². The highest BCUT2D eigenvalue weighted by Crippen LogP contribution is 2.37. The van der Waals surface area contributed by atoms with Crippen molar-refractivity contribution in [2.45, 2.75) is 25.2 Å². The summed E-state index contributed by atoms with van der Waals surface area (Å²) in [5.74, 6) is -0.0711. The Balaban J connectivity index is 1.44. The number of rotatable bonds is 9. The smallest absolute Gasteiger partial charge is 0.341 e. The Morgan fingerprint density at radius 1 is 1.09 bits per heavy atom. The predicted molar refractivity (Wildman–Crippen MR) is 127 cm³/mol. The van der Waals surface area contributed by atoms with E-state index < -0.39 is 5.97 Å². The lowest BCUT2D eigenvalue weighted by molar-refractivity contribution is -0.139. The predicted octanol–water partition coefficient (Wildman–Crippen LogP) is 4.99. The first-order chi connectivity index (χ1) is 16.2. The molecule has 1 unspecified atom stereocenters. The lowest BCUT2D eigenvalue weighted by atomic mass is 9.82. The number of hydrogen-bond acceptors (Lipinski definition) is 5. The number of carboxylic acid groups (broad SMARTS) is 1. The Morgan fingerprint density at radius 3 is 2.73 bits per heavy atom. The fourth-order valence-corrected chi connectivity index (χ4v) is 4.06. The van der Waals surface area contributed by atoms with Gasteiger partial charge in [-0.3, -0.25) is 4.98 Å². The lowest BCUT2D eigenvalue weighted by Crippen LogP contribution is -2.14. The highest BCUT2D eigenvalue weighted by molar-refractivity contribution is 6.12. The van der Waals surface area contributed by atoms with Gasteiger partial charge < -0.3 is 14.7 Å². The van der Waals surface area contributed by atoms with Crippen LogP contribution in [0.2, 0.25) is 0 Å². The number of carboxylic acids is 1. The van der Waals surface area contributed by atoms with E-state index in [-0.39, 0.29) is 12.5 Å². The topological polar surface area (TPSA) is 81.0 Å². The zero-order chi connectivity index (χ0) is 22.9. The molecule has 0 spiro atoms. The highest BCUT2D eigenvalue weighted by Gasteiger charge is 2.21. The Morgan fingerprint density at radius 2 is 1.94 bits per heavy atom. The fraction of sp³-hybridized carbons (Fsp3) is 0.222. The van der Waals surface area contributed by atoms with Crippen molar-refractivity contribution in [3.05, 3.63) is 107 Å². The molecule has 1 aliphatic carbocycles. The molecule has 1 aliphatic rings. The number of allylic oxidation sites excluding steroid dienone is 1. The Labute approximate surface area is 193 Å². The molecule has 168 valence electrons. The number of pyridine rings is 1. The van der Waals surface area contributed by atoms with Gasteiger partial charge >= 0.3 is 5.97 Å². The number of benzene rings is 2. The summed E-state index contributed by atoms with van der Waals surface area (Å²) in [4.78, 5) is 20.7. The van der Waals surface area contributed by atoms with Crippen molar-refractivity contribution in [3.63, 3.8) is 0 Å². The van der Waals surface area contributed by atoms with Crippen LogP contribution >= 0.6 is 0 Å². The number of ether oxygens (including phenoxy) is 1. The van der Waals surface area contributed by atoms with E-state index in [2.05, 4.69) is 22.3 Å². The number of fused-ring (bicyclic) bond motifs is 1. The molecule has 0 saturated heterocycles. The standard InChI is InChI=1S/C27H26N2O4/c30-26(31)19-32-25-15-5-13-23-20(10-4-14-24(23)25)12-7-17-33-29-27(21-8-2-1-3-9-21)22-11-6-16-28-18-22/h1-3,5-9,11-13,15-16,18,20H,4,10,14,17,19H2,(H,30,31)/b12-7+,29-27-. The second-order valence-electron chi connectivity index (χ2n) is 7.78. The van der Waals surface area contributed by atoms with Gasteiger partial charge in [0.05, 0.1) is 0 Å². The van der Waals surface area contributed by atoms with Gasteiger partial charge in [0.1, 0.15) is 18.1 Å². The summed E-state index contributed by atoms with van der Waals surface area (Å²) in [7, 11) is 0. The van der Waals surface area contributed by atoms with Crippen molar-refractivity contribution in [2.24, 2.45) is 5.16 Å². The molecule has 0 amide bonds. The van der Waals surface area contributed by atoms with Crippen molar-refractivity contribution < 1.29 is 19.5 Å². The third-order valence-electron chi connectivity index (χ3n) is 5.54. The largest absolute Gasteiger partial charge is 0.482 e. The molecule has 0 fully saturated rings. The average Bonchev–Trinajstić information content (AvgIpc) is 2.86. The molecule has 33 heavy (non-hydrogen) atoms. The third kappa shape index (κ3) is 5.86. The van der Waals surface area contributed by atoms with Crippen LogP contribution in [0.3, 0.4) is 0 Å². The van der Waals surface area contributed by atoms with Gasteiger partial charge in [-0.2, -0.15) is 0 Å². The maximum Gasteiger partial charge on any atom is 0.341 e. The van der Waals surface area contributed by atoms with Crippen molar-refractivity contribution in [3.8, 4) is 5.75 Å². The molecule has 0 aliphatic heterocycles. The first kappa shape index (κ1) is 22.3. The Bertz CT molecular complexity index is 1090. The molecule has 3 aromatic rings. The van der Waals surface area contributed by atoms with Crippen molar-refractivity contribution >= 4 is 11.7 Å². The second-order valence-corrected chi connectivity index (χ2v) is 7.78. The van der Waals surface area contributed by atoms with E-state index in [1.807, 2.05) is 60.7 Å². The summed E-state index contributed by atoms with van der Waals surface area (Å²) < 4.78 is 5.50. The van der Waals surface area contributed by atoms with Gasteiger partial charge in [0.15, 0.2) is 6.61 Å². The quantitative estimate of drug-likeness (QED) is 0.219. The van der Waals surface area contributed by atoms with E-state index in [1.165, 1.54) is 5.56 Å². The van der Waals surface area contributed by atoms with Gasteiger partial charge in [0, 0.05) is 29.4 Å². The Hall–Kier alpha value is -3.93. The van der Waals surface area contributed by atoms with Crippen molar-refractivity contribution in [2.75, 3.05) is 13.2 Å². The second kappa shape index (κ2) is 11.1. The van der Waals surface area contributed by atoms with Gasteiger partial charge in [-0.15, -0.1) is 0 Å². The van der Waals surface area contributed by atoms with Crippen LogP contribution in [0.15, 0.2) is 90.4 Å². The summed E-state index contributed by atoms with van der Waals surface area (Å²) in [5, 5.41) is 13.3. The van der Waals surface area contributed by atoms with Crippen LogP contribution in [0, 0.1) is 0 Å². The molecule has 4 rings (SSSR count). The van der Waals surface area contributed by atoms with E-state index in [9.17, 15) is 4.79 Å². The zero-order valence-electron chi connectivity index (χ0n) is 18.3. The van der Waals surface area contributed by atoms with Gasteiger partial charge in [0.25, 0.3) is 0 Å². The number of hydrogen-bond donors (Lipinski definition) is 1. The minimum Gasteiger partial charge on any atom is -0.482 e. The number of nitrogens with zero attached hydrogens (tertiary/aromatic N) is 2. The summed E-state index contributed by atoms with van der Waals surface area (Å²) in [6.45, 7) is 0.0150. The minimum absolute atomic E-state index is 0.238. The molecule has 6 nitrogen and oxygen atoms in total. The Kier molecular flexibility index (Phi) is 7.48. The molecule has 0 saturated carbocycles. The lowest BCUT2D eigenvalue weighted by Gasteiger charge is -2.25. The first-order valence-corrected chi connectivity index (χ1v) is 11.0. The summed E-state index contributed by atoms with van der Waals surface area (Å²) in [6.07, 6.45) is 10.6. The van der Waals surface area contributed by atoms with E-state index in [0.717, 1.165) is 41.7 Å². The molecule has 2 aromatic carbocycles. The maximum atomic E-state index is 10.9. The van der Waals surface area contributed by atoms with Crippen LogP contribution in [0.25, 0.3) is 0 Å². The van der Waals surface area contributed by atoms with Crippen LogP contribution in [0.4, 0.5) is 0 Å². The monoisotopic (exact) mass is 442 g/mol. The van der Waals surface area contributed by atoms with E-state index in [4.69, 9.17) is 14.7 Å². The molecular formula is C27H26N2O4. The SMILES string of the molecule is O=C(O)COc1cccc2c1CCCC2/C=C/CO/N=C(/c1ccccc1)c1cccnc1. The third-order valence-corrected chi connectivity index (χ3v) is 5.54. The van der Waals surface area contributed by atoms with E-state index in [0.29, 0.717) is 12.4 Å². The number of oxime groups is 1. The van der Waals surface area contributed by atoms with Crippen molar-refractivity contribution in [1.82, 2.24) is 4.98 Å². The molecule has 6 heteroatoms. The summed E-state index contributed by atoms with van der Waals surface area (Å²) >= 11 is 0. The molecule has 0 radical (unpaired) electrons. The molecule has 0 bridgehead atoms. The number of carbonyl (C=O) groups is 1. The van der Waals surface area contributed by atoms with Crippen LogP contribution in [-0.2, 0) is 16.1 Å². The number of aliphatic carboxylic acids is 1. The summed E-state index contributed by atoms with van der Waals surface area (Å²) in [5.41, 5.74) is 4.87. The minimum atomic E-state index is -0.973. The molecule has 1 aromatic heterocycles. The van der Waals surface area contributed by atoms with Gasteiger partial charge in [-0.25, -0.2) is 4.79 Å². The zero-order valence-corrected chi connectivity index (χ0v) is 18.3. The van der Waals surface area contributed by atoms with Crippen LogP contribution in [-0.4, -0.2) is 35.0 Å². The van der Waals surface area contributed by atoms with Gasteiger partial charge in [-0.1, -0.05) is 53.7 Å². The van der Waals surface area contributed by atoms with E-state index >= 15 is 0 Å². The molecule has 1 atom stereocenters. The number of aromatic nitrogens is 1. The first-order valence-electron chi connectivity index (χ1n) is 11.0. The molecule has 1 heterocycles. The summed E-state index contributed by atoms with van der Waals surface area (Å²) in [6, 6.07) is 19.6. The molecular weight excluding hydrogens is 416 g/mol. The normalized spacial score (nSPS) is 15.8.